The number of allylic oxidation sites excluding steroid dienone is 1. The molecule has 0 fully saturated rings. The van der Waals surface area contributed by atoms with Gasteiger partial charge in [-0.15, -0.1) is 0 Å². The van der Waals surface area contributed by atoms with Crippen molar-refractivity contribution >= 4 is 5.57 Å². The number of nitrogens with two attached hydrogens (primary N) is 1. The first-order valence-corrected chi connectivity index (χ1v) is 5.91. The predicted octanol–water partition coefficient (Wildman–Crippen LogP) is 2.38. The Balaban J connectivity index is 2.03. The van der Waals surface area contributed by atoms with Gasteiger partial charge in [0.25, 0.3) is 0 Å². The topological polar surface area (TPSA) is 43.8 Å². The maximum atomic E-state index is 5.91. The van der Waals surface area contributed by atoms with E-state index in [0.717, 1.165) is 24.2 Å². The van der Waals surface area contributed by atoms with Crippen molar-refractivity contribution in [3.8, 4) is 5.69 Å². The lowest BCUT2D eigenvalue weighted by molar-refractivity contribution is 0.780. The summed E-state index contributed by atoms with van der Waals surface area (Å²) in [6.07, 6.45) is 6.07. The number of para-hydroxylation sites is 1. The fourth-order valence-electron chi connectivity index (χ4n) is 2.28. The lowest BCUT2D eigenvalue weighted by atomic mass is 10.1. The highest BCUT2D eigenvalue weighted by Crippen LogP contribution is 2.28. The van der Waals surface area contributed by atoms with Gasteiger partial charge in [0.15, 0.2) is 0 Å². The van der Waals surface area contributed by atoms with Gasteiger partial charge < -0.3 is 5.73 Å². The van der Waals surface area contributed by atoms with Gasteiger partial charge in [0.2, 0.25) is 0 Å². The molecular weight excluding hydrogens is 210 g/mol. The van der Waals surface area contributed by atoms with Crippen LogP contribution in [0.3, 0.4) is 0 Å². The second kappa shape index (κ2) is 4.18. The fourth-order valence-corrected chi connectivity index (χ4v) is 2.28. The van der Waals surface area contributed by atoms with Gasteiger partial charge in [-0.2, -0.15) is 5.10 Å². The van der Waals surface area contributed by atoms with Crippen molar-refractivity contribution < 1.29 is 0 Å². The van der Waals surface area contributed by atoms with E-state index < -0.39 is 0 Å². The van der Waals surface area contributed by atoms with Crippen molar-refractivity contribution in [2.24, 2.45) is 5.73 Å². The largest absolute Gasteiger partial charge is 0.324 e. The molecule has 1 atom stereocenters. The fraction of sp³-hybridized carbons (Fsp3) is 0.214. The minimum atomic E-state index is 0.198. The smallest absolute Gasteiger partial charge is 0.0697 e. The van der Waals surface area contributed by atoms with Crippen LogP contribution in [0.2, 0.25) is 0 Å². The van der Waals surface area contributed by atoms with Crippen molar-refractivity contribution in [3.05, 3.63) is 54.4 Å². The second-order valence-electron chi connectivity index (χ2n) is 4.36. The Bertz CT molecular complexity index is 540. The molecule has 1 heterocycles. The summed E-state index contributed by atoms with van der Waals surface area (Å²) in [5.41, 5.74) is 9.47. The third-order valence-electron chi connectivity index (χ3n) is 3.13. The van der Waals surface area contributed by atoms with E-state index in [1.54, 1.807) is 0 Å². The third kappa shape index (κ3) is 1.89. The Kier molecular flexibility index (Phi) is 2.53. The summed E-state index contributed by atoms with van der Waals surface area (Å²) in [6.45, 7) is 0. The van der Waals surface area contributed by atoms with Crippen LogP contribution < -0.4 is 5.73 Å². The van der Waals surface area contributed by atoms with Crippen LogP contribution in [-0.4, -0.2) is 15.8 Å². The molecule has 3 heteroatoms. The molecule has 1 aliphatic rings. The van der Waals surface area contributed by atoms with Gasteiger partial charge in [-0.1, -0.05) is 24.3 Å². The number of aromatic nitrogens is 2. The molecule has 0 spiro atoms. The molecule has 0 saturated heterocycles. The highest BCUT2D eigenvalue weighted by molar-refractivity contribution is 5.67. The molecule has 3 rings (SSSR count). The van der Waals surface area contributed by atoms with Crippen molar-refractivity contribution in [1.29, 1.82) is 0 Å². The van der Waals surface area contributed by atoms with Crippen LogP contribution in [0.25, 0.3) is 11.3 Å². The van der Waals surface area contributed by atoms with E-state index in [4.69, 9.17) is 5.73 Å². The Morgan fingerprint density at radius 3 is 2.71 bits per heavy atom. The zero-order valence-corrected chi connectivity index (χ0v) is 9.58. The molecule has 17 heavy (non-hydrogen) atoms. The van der Waals surface area contributed by atoms with E-state index in [1.807, 2.05) is 29.1 Å². The number of rotatable bonds is 2. The lowest BCUT2D eigenvalue weighted by Gasteiger charge is -2.07. The molecule has 1 aliphatic carbocycles. The van der Waals surface area contributed by atoms with Crippen LogP contribution in [-0.2, 0) is 0 Å². The highest BCUT2D eigenvalue weighted by atomic mass is 15.3. The first-order valence-electron chi connectivity index (χ1n) is 5.91. The highest BCUT2D eigenvalue weighted by Gasteiger charge is 2.16. The van der Waals surface area contributed by atoms with E-state index in [0.29, 0.717) is 0 Å². The van der Waals surface area contributed by atoms with Crippen molar-refractivity contribution in [1.82, 2.24) is 9.78 Å². The van der Waals surface area contributed by atoms with Crippen LogP contribution in [0.5, 0.6) is 0 Å². The van der Waals surface area contributed by atoms with Gasteiger partial charge in [0.05, 0.1) is 17.6 Å². The van der Waals surface area contributed by atoms with Crippen molar-refractivity contribution in [3.63, 3.8) is 0 Å². The molecule has 0 bridgehead atoms. The van der Waals surface area contributed by atoms with E-state index in [1.165, 1.54) is 5.57 Å². The van der Waals surface area contributed by atoms with Crippen LogP contribution in [0, 0.1) is 0 Å². The molecule has 1 aromatic heterocycles. The van der Waals surface area contributed by atoms with E-state index in [9.17, 15) is 0 Å². The van der Waals surface area contributed by atoms with Crippen LogP contribution >= 0.6 is 0 Å². The number of nitrogens with zero attached hydrogens (tertiary/aromatic N) is 2. The van der Waals surface area contributed by atoms with Gasteiger partial charge in [-0.3, -0.25) is 0 Å². The number of benzene rings is 1. The van der Waals surface area contributed by atoms with Gasteiger partial charge in [-0.05, 0) is 36.6 Å². The van der Waals surface area contributed by atoms with Crippen LogP contribution in [0.15, 0.2) is 48.7 Å². The summed E-state index contributed by atoms with van der Waals surface area (Å²) in [5.74, 6) is 0. The maximum Gasteiger partial charge on any atom is 0.0697 e. The van der Waals surface area contributed by atoms with Gasteiger partial charge >= 0.3 is 0 Å². The minimum Gasteiger partial charge on any atom is -0.324 e. The zero-order chi connectivity index (χ0) is 11.7. The monoisotopic (exact) mass is 225 g/mol. The molecule has 1 unspecified atom stereocenters. The molecule has 0 saturated carbocycles. The average molecular weight is 225 g/mol. The van der Waals surface area contributed by atoms with Crippen LogP contribution in [0.4, 0.5) is 0 Å². The van der Waals surface area contributed by atoms with Crippen LogP contribution in [0.1, 0.15) is 18.5 Å². The molecule has 0 radical (unpaired) electrons. The Morgan fingerprint density at radius 1 is 1.18 bits per heavy atom. The Morgan fingerprint density at radius 2 is 2.00 bits per heavy atom. The minimum absolute atomic E-state index is 0.198. The van der Waals surface area contributed by atoms with E-state index in [2.05, 4.69) is 29.4 Å². The number of hydrogen-bond acceptors (Lipinski definition) is 2. The van der Waals surface area contributed by atoms with Crippen molar-refractivity contribution in [2.45, 2.75) is 18.9 Å². The SMILES string of the molecule is NC1C=C(c2ccnn2-c2ccccc2)CC1. The lowest BCUT2D eigenvalue weighted by Crippen LogP contribution is -2.11. The summed E-state index contributed by atoms with van der Waals surface area (Å²) in [5, 5.41) is 4.39. The number of hydrogen-bond donors (Lipinski definition) is 1. The van der Waals surface area contributed by atoms with Gasteiger partial charge in [-0.25, -0.2) is 4.68 Å². The molecule has 0 aliphatic heterocycles. The third-order valence-corrected chi connectivity index (χ3v) is 3.13. The first kappa shape index (κ1) is 10.3. The molecular formula is C14H15N3. The molecule has 0 amide bonds. The predicted molar refractivity (Wildman–Crippen MR) is 68.8 cm³/mol. The quantitative estimate of drug-likeness (QED) is 0.852. The summed E-state index contributed by atoms with van der Waals surface area (Å²) in [4.78, 5) is 0. The molecule has 3 nitrogen and oxygen atoms in total. The Labute approximate surface area is 101 Å². The molecule has 86 valence electrons. The summed E-state index contributed by atoms with van der Waals surface area (Å²) >= 11 is 0. The van der Waals surface area contributed by atoms with Gasteiger partial charge in [0.1, 0.15) is 0 Å². The average Bonchev–Trinajstić information content (AvgIpc) is 2.98. The van der Waals surface area contributed by atoms with Gasteiger partial charge in [0, 0.05) is 6.04 Å². The van der Waals surface area contributed by atoms with E-state index in [-0.39, 0.29) is 6.04 Å². The summed E-state index contributed by atoms with van der Waals surface area (Å²) < 4.78 is 1.98. The standard InChI is InChI=1S/C14H15N3/c15-12-7-6-11(10-12)14-8-9-16-17(14)13-4-2-1-3-5-13/h1-5,8-10,12H,6-7,15H2. The van der Waals surface area contributed by atoms with E-state index >= 15 is 0 Å². The first-order chi connectivity index (χ1) is 8.34. The van der Waals surface area contributed by atoms with Crippen molar-refractivity contribution in [2.75, 3.05) is 0 Å². The second-order valence-corrected chi connectivity index (χ2v) is 4.36. The molecule has 1 aromatic carbocycles. The summed E-state index contributed by atoms with van der Waals surface area (Å²) in [6, 6.07) is 12.4. The summed E-state index contributed by atoms with van der Waals surface area (Å²) in [7, 11) is 0. The normalized spacial score (nSPS) is 19.4. The zero-order valence-electron chi connectivity index (χ0n) is 9.58. The maximum absolute atomic E-state index is 5.91. The Hall–Kier alpha value is -1.87. The molecule has 2 aromatic rings. The molecule has 2 N–H and O–H groups in total.